The van der Waals surface area contributed by atoms with E-state index >= 15 is 0 Å². The first-order valence-corrected chi connectivity index (χ1v) is 9.94. The minimum atomic E-state index is -0.529. The molecule has 1 aromatic rings. The molecule has 0 saturated heterocycles. The molecule has 0 atom stereocenters. The standard InChI is InChI=1S/C22H31N3O3/c1-5-11-24(12-6-2)22(28)19-15-25(17-9-7-8-10-17)14-18(20(19)26)21(27)23-13-16(3)4/h5-6,14-17H,1-2,7-13H2,3-4H3,(H,23,27). The predicted molar refractivity (Wildman–Crippen MR) is 112 cm³/mol. The number of rotatable bonds is 9. The molecular formula is C22H31N3O3. The van der Waals surface area contributed by atoms with Crippen molar-refractivity contribution in [1.29, 1.82) is 0 Å². The first-order valence-electron chi connectivity index (χ1n) is 9.94. The molecule has 0 bridgehead atoms. The quantitative estimate of drug-likeness (QED) is 0.664. The Hall–Kier alpha value is -2.63. The molecule has 1 aromatic heterocycles. The van der Waals surface area contributed by atoms with Crippen molar-refractivity contribution >= 4 is 11.8 Å². The van der Waals surface area contributed by atoms with Crippen molar-refractivity contribution in [2.75, 3.05) is 19.6 Å². The molecule has 0 aliphatic heterocycles. The Kier molecular flexibility index (Phi) is 7.79. The summed E-state index contributed by atoms with van der Waals surface area (Å²) in [6.45, 7) is 12.4. The van der Waals surface area contributed by atoms with Gasteiger partial charge in [-0.05, 0) is 18.8 Å². The maximum atomic E-state index is 13.0. The van der Waals surface area contributed by atoms with Gasteiger partial charge < -0.3 is 14.8 Å². The average molecular weight is 386 g/mol. The molecule has 152 valence electrons. The highest BCUT2D eigenvalue weighted by atomic mass is 16.2. The summed E-state index contributed by atoms with van der Waals surface area (Å²) >= 11 is 0. The van der Waals surface area contributed by atoms with E-state index in [9.17, 15) is 14.4 Å². The third-order valence-electron chi connectivity index (χ3n) is 4.92. The van der Waals surface area contributed by atoms with Gasteiger partial charge in [-0.2, -0.15) is 0 Å². The van der Waals surface area contributed by atoms with Gasteiger partial charge >= 0.3 is 0 Å². The summed E-state index contributed by atoms with van der Waals surface area (Å²) in [6, 6.07) is 0.205. The minimum absolute atomic E-state index is 0.0211. The fourth-order valence-electron chi connectivity index (χ4n) is 3.44. The van der Waals surface area contributed by atoms with Crippen LogP contribution in [0.15, 0.2) is 42.5 Å². The van der Waals surface area contributed by atoms with E-state index in [1.807, 2.05) is 18.4 Å². The maximum absolute atomic E-state index is 13.0. The van der Waals surface area contributed by atoms with E-state index < -0.39 is 17.2 Å². The van der Waals surface area contributed by atoms with Gasteiger partial charge in [-0.25, -0.2) is 0 Å². The van der Waals surface area contributed by atoms with Crippen LogP contribution in [0.3, 0.4) is 0 Å². The zero-order valence-electron chi connectivity index (χ0n) is 16.9. The molecule has 6 nitrogen and oxygen atoms in total. The monoisotopic (exact) mass is 385 g/mol. The van der Waals surface area contributed by atoms with E-state index in [-0.39, 0.29) is 23.1 Å². The SMILES string of the molecule is C=CCN(CC=C)C(=O)c1cn(C2CCCC2)cc(C(=O)NCC(C)C)c1=O. The van der Waals surface area contributed by atoms with Crippen LogP contribution in [-0.2, 0) is 0 Å². The normalized spacial score (nSPS) is 14.1. The molecule has 6 heteroatoms. The molecule has 1 aliphatic rings. The van der Waals surface area contributed by atoms with E-state index in [1.165, 1.54) is 4.90 Å². The molecule has 0 aromatic carbocycles. The number of nitrogens with one attached hydrogen (secondary N) is 1. The average Bonchev–Trinajstić information content (AvgIpc) is 3.20. The van der Waals surface area contributed by atoms with Crippen molar-refractivity contribution in [1.82, 2.24) is 14.8 Å². The number of hydrogen-bond donors (Lipinski definition) is 1. The molecule has 2 rings (SSSR count). The van der Waals surface area contributed by atoms with Gasteiger partial charge in [-0.1, -0.05) is 38.8 Å². The molecule has 28 heavy (non-hydrogen) atoms. The zero-order chi connectivity index (χ0) is 20.7. The third kappa shape index (κ3) is 5.21. The van der Waals surface area contributed by atoms with E-state index in [0.29, 0.717) is 19.6 Å². The summed E-state index contributed by atoms with van der Waals surface area (Å²) in [5.41, 5.74) is -0.484. The van der Waals surface area contributed by atoms with Crippen LogP contribution in [0.25, 0.3) is 0 Å². The lowest BCUT2D eigenvalue weighted by molar-refractivity contribution is 0.0788. The predicted octanol–water partition coefficient (Wildman–Crippen LogP) is 3.16. The molecular weight excluding hydrogens is 354 g/mol. The summed E-state index contributed by atoms with van der Waals surface area (Å²) in [5, 5.41) is 2.79. The molecule has 2 amide bonds. The first kappa shape index (κ1) is 21.7. The second kappa shape index (κ2) is 10.1. The van der Waals surface area contributed by atoms with Gasteiger partial charge in [0.2, 0.25) is 5.43 Å². The van der Waals surface area contributed by atoms with Crippen molar-refractivity contribution in [2.24, 2.45) is 5.92 Å². The lowest BCUT2D eigenvalue weighted by atomic mass is 10.1. The Labute approximate surface area is 166 Å². The van der Waals surface area contributed by atoms with Gasteiger partial charge in [0.05, 0.1) is 0 Å². The second-order valence-electron chi connectivity index (χ2n) is 7.69. The molecule has 0 radical (unpaired) electrons. The van der Waals surface area contributed by atoms with Crippen molar-refractivity contribution in [2.45, 2.75) is 45.6 Å². The second-order valence-corrected chi connectivity index (χ2v) is 7.69. The number of pyridine rings is 1. The van der Waals surface area contributed by atoms with Gasteiger partial charge in [0.25, 0.3) is 11.8 Å². The van der Waals surface area contributed by atoms with Crippen LogP contribution in [0.4, 0.5) is 0 Å². The Bertz CT molecular complexity index is 779. The summed E-state index contributed by atoms with van der Waals surface area (Å²) < 4.78 is 1.88. The van der Waals surface area contributed by atoms with Gasteiger partial charge in [0.1, 0.15) is 11.1 Å². The van der Waals surface area contributed by atoms with Crippen LogP contribution in [0, 0.1) is 5.92 Å². The summed E-state index contributed by atoms with van der Waals surface area (Å²) in [6.07, 6.45) is 10.6. The minimum Gasteiger partial charge on any atom is -0.352 e. The van der Waals surface area contributed by atoms with Gasteiger partial charge in [0.15, 0.2) is 0 Å². The lowest BCUT2D eigenvalue weighted by Crippen LogP contribution is -2.38. The molecule has 1 N–H and O–H groups in total. The van der Waals surface area contributed by atoms with E-state index in [4.69, 9.17) is 0 Å². The van der Waals surface area contributed by atoms with Crippen LogP contribution in [-0.4, -0.2) is 40.9 Å². The molecule has 1 heterocycles. The van der Waals surface area contributed by atoms with E-state index in [0.717, 1.165) is 25.7 Å². The maximum Gasteiger partial charge on any atom is 0.259 e. The molecule has 1 fully saturated rings. The van der Waals surface area contributed by atoms with Gasteiger partial charge in [-0.3, -0.25) is 14.4 Å². The number of aromatic nitrogens is 1. The topological polar surface area (TPSA) is 71.4 Å². The fourth-order valence-corrected chi connectivity index (χ4v) is 3.44. The summed E-state index contributed by atoms with van der Waals surface area (Å²) in [5.74, 6) is -0.573. The van der Waals surface area contributed by atoms with Crippen molar-refractivity contribution < 1.29 is 9.59 Å². The van der Waals surface area contributed by atoms with Gasteiger partial charge in [0, 0.05) is 38.1 Å². The zero-order valence-corrected chi connectivity index (χ0v) is 16.9. The molecule has 1 aliphatic carbocycles. The van der Waals surface area contributed by atoms with Crippen LogP contribution < -0.4 is 10.7 Å². The number of hydrogen-bond acceptors (Lipinski definition) is 3. The molecule has 0 spiro atoms. The first-order chi connectivity index (χ1) is 13.4. The van der Waals surface area contributed by atoms with Crippen molar-refractivity contribution in [3.05, 3.63) is 59.1 Å². The van der Waals surface area contributed by atoms with Crippen molar-refractivity contribution in [3.63, 3.8) is 0 Å². The van der Waals surface area contributed by atoms with E-state index in [2.05, 4.69) is 18.5 Å². The smallest absolute Gasteiger partial charge is 0.259 e. The largest absolute Gasteiger partial charge is 0.352 e. The summed E-state index contributed by atoms with van der Waals surface area (Å²) in [7, 11) is 0. The highest BCUT2D eigenvalue weighted by molar-refractivity contribution is 5.99. The Morgan fingerprint density at radius 1 is 1.18 bits per heavy atom. The Balaban J connectivity index is 2.48. The number of nitrogens with zero attached hydrogens (tertiary/aromatic N) is 2. The van der Waals surface area contributed by atoms with Crippen LogP contribution in [0.2, 0.25) is 0 Å². The number of amides is 2. The molecule has 1 saturated carbocycles. The van der Waals surface area contributed by atoms with Gasteiger partial charge in [-0.15, -0.1) is 13.2 Å². The van der Waals surface area contributed by atoms with E-state index in [1.54, 1.807) is 24.5 Å². The highest BCUT2D eigenvalue weighted by Gasteiger charge is 2.25. The summed E-state index contributed by atoms with van der Waals surface area (Å²) in [4.78, 5) is 40.2. The lowest BCUT2D eigenvalue weighted by Gasteiger charge is -2.22. The third-order valence-corrected chi connectivity index (χ3v) is 4.92. The number of carbonyl (C=O) groups is 2. The number of carbonyl (C=O) groups excluding carboxylic acids is 2. The fraction of sp³-hybridized carbons (Fsp3) is 0.500. The van der Waals surface area contributed by atoms with Crippen LogP contribution in [0.5, 0.6) is 0 Å². The van der Waals surface area contributed by atoms with Crippen molar-refractivity contribution in [3.8, 4) is 0 Å². The van der Waals surface area contributed by atoms with Crippen LogP contribution >= 0.6 is 0 Å². The molecule has 0 unspecified atom stereocenters. The Morgan fingerprint density at radius 2 is 1.75 bits per heavy atom. The van der Waals surface area contributed by atoms with Crippen LogP contribution in [0.1, 0.15) is 66.3 Å². The highest BCUT2D eigenvalue weighted by Crippen LogP contribution is 2.29. The Morgan fingerprint density at radius 3 is 2.29 bits per heavy atom.